The van der Waals surface area contributed by atoms with E-state index in [1.54, 1.807) is 12.1 Å². The molecule has 1 aromatic carbocycles. The van der Waals surface area contributed by atoms with Gasteiger partial charge in [0.25, 0.3) is 6.01 Å². The average molecular weight is 364 g/mol. The first-order valence-electron chi connectivity index (χ1n) is 6.80. The topological polar surface area (TPSA) is 75.4 Å². The third kappa shape index (κ3) is 3.32. The predicted octanol–water partition coefficient (Wildman–Crippen LogP) is 2.97. The molecule has 1 aliphatic heterocycles. The summed E-state index contributed by atoms with van der Waals surface area (Å²) in [6.07, 6.45) is 2.85. The van der Waals surface area contributed by atoms with E-state index in [-0.39, 0.29) is 6.04 Å². The molecule has 3 rings (SSSR count). The first kappa shape index (κ1) is 15.9. The van der Waals surface area contributed by atoms with Crippen molar-refractivity contribution in [3.8, 4) is 0 Å². The first-order chi connectivity index (χ1) is 10.3. The summed E-state index contributed by atoms with van der Waals surface area (Å²) >= 11 is 12.0. The molecule has 22 heavy (non-hydrogen) atoms. The number of aromatic nitrogens is 1. The van der Waals surface area contributed by atoms with Crippen LogP contribution in [0.3, 0.4) is 0 Å². The Balaban J connectivity index is 1.80. The van der Waals surface area contributed by atoms with Crippen molar-refractivity contribution < 1.29 is 12.8 Å². The second-order valence-electron chi connectivity index (χ2n) is 5.36. The van der Waals surface area contributed by atoms with E-state index in [4.69, 9.17) is 27.6 Å². The highest BCUT2D eigenvalue weighted by Gasteiger charge is 2.26. The predicted molar refractivity (Wildman–Crippen MR) is 87.1 cm³/mol. The highest BCUT2D eigenvalue weighted by Crippen LogP contribution is 2.30. The van der Waals surface area contributed by atoms with Crippen LogP contribution >= 0.6 is 23.2 Å². The summed E-state index contributed by atoms with van der Waals surface area (Å²) in [5.74, 6) is 0. The molecule has 0 spiro atoms. The lowest BCUT2D eigenvalue weighted by molar-refractivity contribution is 0.326. The fourth-order valence-corrected chi connectivity index (χ4v) is 3.99. The molecular formula is C13H15Cl2N3O3S. The van der Waals surface area contributed by atoms with Crippen molar-refractivity contribution >= 4 is 50.3 Å². The number of fused-ring (bicyclic) bond motifs is 1. The number of hydrogen-bond acceptors (Lipinski definition) is 5. The summed E-state index contributed by atoms with van der Waals surface area (Å²) in [5, 5.41) is 4.01. The summed E-state index contributed by atoms with van der Waals surface area (Å²) in [5.41, 5.74) is 1.03. The van der Waals surface area contributed by atoms with Gasteiger partial charge in [0.2, 0.25) is 10.0 Å². The minimum atomic E-state index is -3.18. The molecule has 0 aliphatic carbocycles. The van der Waals surface area contributed by atoms with Gasteiger partial charge in [-0.3, -0.25) is 0 Å². The summed E-state index contributed by atoms with van der Waals surface area (Å²) in [6, 6.07) is 3.53. The number of sulfonamides is 1. The number of halogens is 2. The van der Waals surface area contributed by atoms with Crippen molar-refractivity contribution in [1.82, 2.24) is 9.29 Å². The molecule has 0 amide bonds. The third-order valence-corrected chi connectivity index (χ3v) is 5.36. The Morgan fingerprint density at radius 3 is 2.91 bits per heavy atom. The first-order valence-corrected chi connectivity index (χ1v) is 9.40. The molecule has 1 atom stereocenters. The zero-order valence-electron chi connectivity index (χ0n) is 11.8. The third-order valence-electron chi connectivity index (χ3n) is 3.59. The Hall–Kier alpha value is -1.02. The quantitative estimate of drug-likeness (QED) is 0.906. The van der Waals surface area contributed by atoms with Crippen molar-refractivity contribution in [2.75, 3.05) is 24.7 Å². The van der Waals surface area contributed by atoms with E-state index >= 15 is 0 Å². The van der Waals surface area contributed by atoms with E-state index in [1.807, 2.05) is 0 Å². The number of hydrogen-bond donors (Lipinski definition) is 1. The van der Waals surface area contributed by atoms with Gasteiger partial charge in [-0.15, -0.1) is 0 Å². The van der Waals surface area contributed by atoms with Crippen LogP contribution in [0.15, 0.2) is 16.5 Å². The molecule has 1 fully saturated rings. The molecule has 0 radical (unpaired) electrons. The average Bonchev–Trinajstić information content (AvgIpc) is 2.80. The minimum Gasteiger partial charge on any atom is -0.422 e. The van der Waals surface area contributed by atoms with Crippen LogP contribution in [-0.2, 0) is 10.0 Å². The van der Waals surface area contributed by atoms with Crippen LogP contribution < -0.4 is 5.32 Å². The van der Waals surface area contributed by atoms with Gasteiger partial charge in [0.05, 0.1) is 11.3 Å². The van der Waals surface area contributed by atoms with E-state index in [1.165, 1.54) is 10.6 Å². The molecule has 6 nitrogen and oxygen atoms in total. The Bertz CT molecular complexity index is 806. The van der Waals surface area contributed by atoms with E-state index in [9.17, 15) is 8.42 Å². The van der Waals surface area contributed by atoms with Crippen LogP contribution in [0.5, 0.6) is 0 Å². The summed E-state index contributed by atoms with van der Waals surface area (Å²) < 4.78 is 30.3. The van der Waals surface area contributed by atoms with E-state index in [2.05, 4.69) is 10.3 Å². The van der Waals surface area contributed by atoms with Gasteiger partial charge in [-0.1, -0.05) is 23.2 Å². The van der Waals surface area contributed by atoms with Gasteiger partial charge in [-0.05, 0) is 25.0 Å². The van der Waals surface area contributed by atoms with Crippen molar-refractivity contribution in [3.63, 3.8) is 0 Å². The Labute approximate surface area is 138 Å². The van der Waals surface area contributed by atoms with Crippen LogP contribution in [0.4, 0.5) is 6.01 Å². The zero-order valence-corrected chi connectivity index (χ0v) is 14.2. The normalized spacial score (nSPS) is 20.4. The maximum atomic E-state index is 11.6. The molecule has 0 saturated carbocycles. The highest BCUT2D eigenvalue weighted by atomic mass is 35.5. The monoisotopic (exact) mass is 363 g/mol. The van der Waals surface area contributed by atoms with Crippen LogP contribution in [0, 0.1) is 0 Å². The fourth-order valence-electron chi connectivity index (χ4n) is 2.56. The highest BCUT2D eigenvalue weighted by molar-refractivity contribution is 7.88. The second-order valence-corrected chi connectivity index (χ2v) is 8.19. The standard InChI is InChI=1S/C13H15Cl2N3O3S/c1-22(19,20)18-4-2-3-9(7-18)16-13-17-11-6-8(14)5-10(15)12(11)21-13/h5-6,9H,2-4,7H2,1H3,(H,16,17). The smallest absolute Gasteiger partial charge is 0.296 e. The lowest BCUT2D eigenvalue weighted by atomic mass is 10.1. The van der Waals surface area contributed by atoms with Gasteiger partial charge >= 0.3 is 0 Å². The Morgan fingerprint density at radius 1 is 1.41 bits per heavy atom. The molecular weight excluding hydrogens is 349 g/mol. The lowest BCUT2D eigenvalue weighted by Gasteiger charge is -2.30. The van der Waals surface area contributed by atoms with Crippen molar-refractivity contribution in [2.45, 2.75) is 18.9 Å². The molecule has 1 aliphatic rings. The zero-order chi connectivity index (χ0) is 15.9. The number of rotatable bonds is 3. The van der Waals surface area contributed by atoms with Gasteiger partial charge in [0.1, 0.15) is 5.52 Å². The van der Waals surface area contributed by atoms with Crippen LogP contribution in [-0.4, -0.2) is 43.1 Å². The summed E-state index contributed by atoms with van der Waals surface area (Å²) in [6.45, 7) is 0.943. The minimum absolute atomic E-state index is 0.0502. The molecule has 1 unspecified atom stereocenters. The molecule has 1 saturated heterocycles. The number of nitrogens with zero attached hydrogens (tertiary/aromatic N) is 2. The molecule has 1 aromatic heterocycles. The number of piperidine rings is 1. The van der Waals surface area contributed by atoms with Crippen molar-refractivity contribution in [1.29, 1.82) is 0 Å². The molecule has 120 valence electrons. The summed E-state index contributed by atoms with van der Waals surface area (Å²) in [7, 11) is -3.18. The van der Waals surface area contributed by atoms with Crippen molar-refractivity contribution in [2.24, 2.45) is 0 Å². The van der Waals surface area contributed by atoms with Gasteiger partial charge in [0.15, 0.2) is 5.58 Å². The molecule has 1 N–H and O–H groups in total. The maximum absolute atomic E-state index is 11.6. The summed E-state index contributed by atoms with van der Waals surface area (Å²) in [4.78, 5) is 4.30. The van der Waals surface area contributed by atoms with Crippen LogP contribution in [0.2, 0.25) is 10.0 Å². The Morgan fingerprint density at radius 2 is 2.18 bits per heavy atom. The molecule has 2 heterocycles. The lowest BCUT2D eigenvalue weighted by Crippen LogP contribution is -2.44. The van der Waals surface area contributed by atoms with Crippen molar-refractivity contribution in [3.05, 3.63) is 22.2 Å². The second kappa shape index (κ2) is 5.88. The van der Waals surface area contributed by atoms with E-state index in [0.717, 1.165) is 12.8 Å². The fraction of sp³-hybridized carbons (Fsp3) is 0.462. The number of nitrogens with one attached hydrogen (secondary N) is 1. The largest absolute Gasteiger partial charge is 0.422 e. The SMILES string of the molecule is CS(=O)(=O)N1CCCC(Nc2nc3cc(Cl)cc(Cl)c3o2)C1. The van der Waals surface area contributed by atoms with Gasteiger partial charge in [-0.2, -0.15) is 4.98 Å². The number of anilines is 1. The van der Waals surface area contributed by atoms with Crippen LogP contribution in [0.1, 0.15) is 12.8 Å². The Kier molecular flexibility index (Phi) is 4.24. The van der Waals surface area contributed by atoms with Gasteiger partial charge in [0, 0.05) is 24.2 Å². The van der Waals surface area contributed by atoms with E-state index < -0.39 is 10.0 Å². The van der Waals surface area contributed by atoms with Gasteiger partial charge < -0.3 is 9.73 Å². The number of benzene rings is 1. The van der Waals surface area contributed by atoms with Gasteiger partial charge in [-0.25, -0.2) is 12.7 Å². The van der Waals surface area contributed by atoms with E-state index in [0.29, 0.717) is 40.2 Å². The van der Waals surface area contributed by atoms with Crippen LogP contribution in [0.25, 0.3) is 11.1 Å². The number of oxazole rings is 1. The molecule has 0 bridgehead atoms. The molecule has 9 heteroatoms. The maximum Gasteiger partial charge on any atom is 0.296 e. The molecule has 2 aromatic rings.